The van der Waals surface area contributed by atoms with Gasteiger partial charge in [0.1, 0.15) is 5.02 Å². The Hall–Kier alpha value is -1.11. The number of aromatic nitrogens is 2. The Balaban J connectivity index is 2.90. The summed E-state index contributed by atoms with van der Waals surface area (Å²) in [6.07, 6.45) is 1.47. The molecule has 0 aliphatic rings. The molecule has 0 amide bonds. The molecule has 0 atom stereocenters. The van der Waals surface area contributed by atoms with Gasteiger partial charge in [-0.2, -0.15) is 4.98 Å². The molecule has 6 nitrogen and oxygen atoms in total. The van der Waals surface area contributed by atoms with Crippen LogP contribution in [0.25, 0.3) is 0 Å². The minimum atomic E-state index is 0.00631. The van der Waals surface area contributed by atoms with E-state index in [4.69, 9.17) is 26.2 Å². The van der Waals surface area contributed by atoms with Crippen molar-refractivity contribution in [2.24, 2.45) is 0 Å². The molecule has 96 valence electrons. The molecule has 0 saturated heterocycles. The monoisotopic (exact) mass is 261 g/mol. The maximum absolute atomic E-state index is 9.01. The Morgan fingerprint density at radius 2 is 2.18 bits per heavy atom. The fourth-order valence-electron chi connectivity index (χ4n) is 1.31. The molecule has 0 aromatic carbocycles. The maximum Gasteiger partial charge on any atom is 0.318 e. The third-order valence-corrected chi connectivity index (χ3v) is 2.39. The van der Waals surface area contributed by atoms with E-state index in [0.717, 1.165) is 0 Å². The van der Waals surface area contributed by atoms with Crippen LogP contribution in [0.4, 0.5) is 5.82 Å². The van der Waals surface area contributed by atoms with Gasteiger partial charge in [-0.25, -0.2) is 4.98 Å². The van der Waals surface area contributed by atoms with Crippen molar-refractivity contribution < 1.29 is 14.6 Å². The summed E-state index contributed by atoms with van der Waals surface area (Å²) < 4.78 is 9.94. The highest BCUT2D eigenvalue weighted by atomic mass is 35.5. The van der Waals surface area contributed by atoms with Gasteiger partial charge in [0.2, 0.25) is 0 Å². The first-order valence-corrected chi connectivity index (χ1v) is 5.52. The second-order valence-corrected chi connectivity index (χ2v) is 3.64. The molecule has 0 spiro atoms. The number of nitrogens with zero attached hydrogens (tertiary/aromatic N) is 3. The Labute approximate surface area is 105 Å². The fourth-order valence-corrected chi connectivity index (χ4v) is 1.52. The highest BCUT2D eigenvalue weighted by molar-refractivity contribution is 6.32. The van der Waals surface area contributed by atoms with Crippen LogP contribution >= 0.6 is 11.6 Å². The number of methoxy groups -OCH3 is 2. The van der Waals surface area contributed by atoms with Gasteiger partial charge in [0.15, 0.2) is 5.82 Å². The van der Waals surface area contributed by atoms with Crippen LogP contribution in [0.2, 0.25) is 5.02 Å². The summed E-state index contributed by atoms with van der Waals surface area (Å²) >= 11 is 6.02. The summed E-state index contributed by atoms with van der Waals surface area (Å²) in [5, 5.41) is 9.43. The zero-order valence-electron chi connectivity index (χ0n) is 9.89. The van der Waals surface area contributed by atoms with Crippen LogP contribution in [-0.2, 0) is 4.74 Å². The number of aliphatic hydroxyl groups excluding tert-OH is 1. The number of aliphatic hydroxyl groups is 1. The smallest absolute Gasteiger partial charge is 0.318 e. The van der Waals surface area contributed by atoms with Gasteiger partial charge in [0, 0.05) is 20.2 Å². The van der Waals surface area contributed by atoms with E-state index in [9.17, 15) is 0 Å². The number of halogens is 1. The number of ether oxygens (including phenoxy) is 2. The quantitative estimate of drug-likeness (QED) is 0.775. The average molecular weight is 262 g/mol. The Bertz CT molecular complexity index is 352. The molecule has 0 fully saturated rings. The van der Waals surface area contributed by atoms with Gasteiger partial charge >= 0.3 is 6.01 Å². The summed E-state index contributed by atoms with van der Waals surface area (Å²) in [5.41, 5.74) is 0. The van der Waals surface area contributed by atoms with Crippen LogP contribution in [0.15, 0.2) is 6.20 Å². The molecule has 1 rings (SSSR count). The zero-order valence-corrected chi connectivity index (χ0v) is 10.6. The number of hydrogen-bond donors (Lipinski definition) is 1. The van der Waals surface area contributed by atoms with Gasteiger partial charge in [-0.05, 0) is 0 Å². The molecule has 1 aromatic heterocycles. The SMILES string of the molecule is COCCN(CCO)c1nc(OC)ncc1Cl. The van der Waals surface area contributed by atoms with Gasteiger partial charge in [-0.15, -0.1) is 0 Å². The lowest BCUT2D eigenvalue weighted by atomic mass is 10.4. The highest BCUT2D eigenvalue weighted by Crippen LogP contribution is 2.23. The van der Waals surface area contributed by atoms with Gasteiger partial charge < -0.3 is 19.5 Å². The van der Waals surface area contributed by atoms with Crippen LogP contribution in [0, 0.1) is 0 Å². The summed E-state index contributed by atoms with van der Waals surface area (Å²) in [6, 6.07) is 0.241. The molecule has 1 heterocycles. The zero-order chi connectivity index (χ0) is 12.7. The van der Waals surface area contributed by atoms with Gasteiger partial charge in [0.25, 0.3) is 0 Å². The molecule has 0 aliphatic heterocycles. The van der Waals surface area contributed by atoms with E-state index in [2.05, 4.69) is 9.97 Å². The first kappa shape index (κ1) is 14.0. The predicted molar refractivity (Wildman–Crippen MR) is 64.8 cm³/mol. The molecule has 17 heavy (non-hydrogen) atoms. The minimum absolute atomic E-state index is 0.00631. The molecule has 0 saturated carbocycles. The van der Waals surface area contributed by atoms with E-state index in [1.165, 1.54) is 13.3 Å². The van der Waals surface area contributed by atoms with E-state index < -0.39 is 0 Å². The number of rotatable bonds is 7. The maximum atomic E-state index is 9.01. The lowest BCUT2D eigenvalue weighted by Gasteiger charge is -2.23. The first-order chi connectivity index (χ1) is 8.22. The predicted octanol–water partition coefficient (Wildman–Crippen LogP) is 0.584. The molecule has 1 N–H and O–H groups in total. The molecular formula is C10H16ClN3O3. The van der Waals surface area contributed by atoms with Gasteiger partial charge in [-0.1, -0.05) is 11.6 Å². The van der Waals surface area contributed by atoms with E-state index in [1.807, 2.05) is 4.90 Å². The van der Waals surface area contributed by atoms with Crippen molar-refractivity contribution in [2.45, 2.75) is 0 Å². The van der Waals surface area contributed by atoms with E-state index in [0.29, 0.717) is 30.5 Å². The van der Waals surface area contributed by atoms with E-state index in [-0.39, 0.29) is 12.6 Å². The van der Waals surface area contributed by atoms with Crippen molar-refractivity contribution >= 4 is 17.4 Å². The first-order valence-electron chi connectivity index (χ1n) is 5.14. The molecule has 0 bridgehead atoms. The van der Waals surface area contributed by atoms with Crippen molar-refractivity contribution in [3.8, 4) is 6.01 Å². The van der Waals surface area contributed by atoms with Crippen molar-refractivity contribution in [1.29, 1.82) is 0 Å². The molecule has 7 heteroatoms. The van der Waals surface area contributed by atoms with Crippen molar-refractivity contribution in [3.05, 3.63) is 11.2 Å². The summed E-state index contributed by atoms with van der Waals surface area (Å²) in [6.45, 7) is 1.52. The normalized spacial score (nSPS) is 10.4. The van der Waals surface area contributed by atoms with Crippen LogP contribution in [0.5, 0.6) is 6.01 Å². The van der Waals surface area contributed by atoms with Gasteiger partial charge in [0.05, 0.1) is 26.5 Å². The Morgan fingerprint density at radius 3 is 2.76 bits per heavy atom. The summed E-state index contributed by atoms with van der Waals surface area (Å²) in [7, 11) is 3.10. The highest BCUT2D eigenvalue weighted by Gasteiger charge is 2.13. The molecule has 0 radical (unpaired) electrons. The minimum Gasteiger partial charge on any atom is -0.467 e. The summed E-state index contributed by atoms with van der Waals surface area (Å²) in [5.74, 6) is 0.532. The largest absolute Gasteiger partial charge is 0.467 e. The second kappa shape index (κ2) is 7.26. The summed E-state index contributed by atoms with van der Waals surface area (Å²) in [4.78, 5) is 9.87. The Kier molecular flexibility index (Phi) is 5.96. The molecule has 0 aliphatic carbocycles. The Morgan fingerprint density at radius 1 is 1.41 bits per heavy atom. The van der Waals surface area contributed by atoms with Crippen LogP contribution in [0.1, 0.15) is 0 Å². The average Bonchev–Trinajstić information content (AvgIpc) is 2.35. The number of anilines is 1. The van der Waals surface area contributed by atoms with Crippen molar-refractivity contribution in [3.63, 3.8) is 0 Å². The standard InChI is InChI=1S/C10H16ClN3O3/c1-16-6-4-14(3-5-15)9-8(11)7-12-10(13-9)17-2/h7,15H,3-6H2,1-2H3. The van der Waals surface area contributed by atoms with Gasteiger partial charge in [-0.3, -0.25) is 0 Å². The fraction of sp³-hybridized carbons (Fsp3) is 0.600. The molecule has 0 unspecified atom stereocenters. The number of hydrogen-bond acceptors (Lipinski definition) is 6. The third kappa shape index (κ3) is 3.99. The van der Waals surface area contributed by atoms with E-state index in [1.54, 1.807) is 7.11 Å². The topological polar surface area (TPSA) is 67.7 Å². The third-order valence-electron chi connectivity index (χ3n) is 2.12. The molecule has 1 aromatic rings. The van der Waals surface area contributed by atoms with Crippen molar-refractivity contribution in [2.75, 3.05) is 45.4 Å². The van der Waals surface area contributed by atoms with Crippen molar-refractivity contribution in [1.82, 2.24) is 9.97 Å². The van der Waals surface area contributed by atoms with Crippen LogP contribution < -0.4 is 9.64 Å². The second-order valence-electron chi connectivity index (χ2n) is 3.23. The van der Waals surface area contributed by atoms with E-state index >= 15 is 0 Å². The van der Waals surface area contributed by atoms with Crippen LogP contribution in [-0.4, -0.2) is 55.6 Å². The van der Waals surface area contributed by atoms with Crippen LogP contribution in [0.3, 0.4) is 0 Å². The lowest BCUT2D eigenvalue weighted by molar-refractivity contribution is 0.202. The molecular weight excluding hydrogens is 246 g/mol. The lowest BCUT2D eigenvalue weighted by Crippen LogP contribution is -2.31.